The minimum Gasteiger partial charge on any atom is -0.325 e. The summed E-state index contributed by atoms with van der Waals surface area (Å²) in [5.74, 6) is -0.910. The second-order valence-electron chi connectivity index (χ2n) is 6.95. The molecule has 0 aliphatic rings. The number of aromatic nitrogens is 3. The number of hydrogen-bond acceptors (Lipinski definition) is 6. The number of benzene rings is 2. The molecule has 1 aromatic heterocycles. The summed E-state index contributed by atoms with van der Waals surface area (Å²) >= 11 is 1.10. The second kappa shape index (κ2) is 9.65. The molecule has 0 unspecified atom stereocenters. The molecule has 2 aromatic carbocycles. The Hall–Kier alpha value is -2.99. The van der Waals surface area contributed by atoms with E-state index in [1.165, 1.54) is 36.4 Å². The summed E-state index contributed by atoms with van der Waals surface area (Å²) in [4.78, 5) is 12.3. The number of thioether (sulfide) groups is 1. The summed E-state index contributed by atoms with van der Waals surface area (Å²) in [7, 11) is -2.03. The first kappa shape index (κ1) is 23.7. The molecular weight excluding hydrogens is 460 g/mol. The van der Waals surface area contributed by atoms with E-state index < -0.39 is 21.7 Å². The zero-order chi connectivity index (χ0) is 23.5. The monoisotopic (exact) mass is 481 g/mol. The number of anilines is 2. The van der Waals surface area contributed by atoms with Crippen LogP contribution >= 0.6 is 11.8 Å². The van der Waals surface area contributed by atoms with Gasteiger partial charge in [0, 0.05) is 18.3 Å². The first-order valence-electron chi connectivity index (χ1n) is 9.35. The number of halogens is 2. The Morgan fingerprint density at radius 3 is 2.50 bits per heavy atom. The summed E-state index contributed by atoms with van der Waals surface area (Å²) in [5, 5.41) is 11.1. The molecule has 12 heteroatoms. The molecule has 0 aliphatic carbocycles. The van der Waals surface area contributed by atoms with Crippen LogP contribution in [0.25, 0.3) is 0 Å². The van der Waals surface area contributed by atoms with Crippen LogP contribution in [0.3, 0.4) is 0 Å². The third kappa shape index (κ3) is 5.62. The molecule has 3 rings (SSSR count). The van der Waals surface area contributed by atoms with Crippen molar-refractivity contribution < 1.29 is 22.0 Å². The van der Waals surface area contributed by atoms with Gasteiger partial charge in [-0.1, -0.05) is 17.8 Å². The van der Waals surface area contributed by atoms with Crippen molar-refractivity contribution in [1.29, 1.82) is 0 Å². The molecule has 0 spiro atoms. The van der Waals surface area contributed by atoms with Crippen molar-refractivity contribution in [3.05, 3.63) is 65.5 Å². The quantitative estimate of drug-likeness (QED) is 0.497. The van der Waals surface area contributed by atoms with Crippen LogP contribution in [-0.4, -0.2) is 41.1 Å². The smallest absolute Gasteiger partial charge is 0.234 e. The third-order valence-electron chi connectivity index (χ3n) is 4.60. The Kier molecular flexibility index (Phi) is 7.14. The number of nitrogens with zero attached hydrogens (tertiary/aromatic N) is 4. The van der Waals surface area contributed by atoms with Crippen molar-refractivity contribution >= 4 is 39.1 Å². The van der Waals surface area contributed by atoms with E-state index in [-0.39, 0.29) is 23.9 Å². The molecule has 32 heavy (non-hydrogen) atoms. The molecule has 3 aromatic rings. The van der Waals surface area contributed by atoms with Gasteiger partial charge in [-0.15, -0.1) is 10.2 Å². The van der Waals surface area contributed by atoms with Crippen molar-refractivity contribution in [1.82, 2.24) is 14.8 Å². The van der Waals surface area contributed by atoms with Crippen LogP contribution in [0.1, 0.15) is 11.4 Å². The van der Waals surface area contributed by atoms with Crippen LogP contribution in [0.4, 0.5) is 20.2 Å². The van der Waals surface area contributed by atoms with Gasteiger partial charge in [-0.25, -0.2) is 17.2 Å². The highest BCUT2D eigenvalue weighted by Crippen LogP contribution is 2.23. The number of nitrogens with one attached hydrogen (secondary N) is 1. The maximum absolute atomic E-state index is 13.6. The fraction of sp³-hybridized carbons (Fsp3) is 0.250. The lowest BCUT2D eigenvalue weighted by Crippen LogP contribution is -2.30. The van der Waals surface area contributed by atoms with Crippen LogP contribution in [0.2, 0.25) is 0 Å². The Morgan fingerprint density at radius 1 is 1.16 bits per heavy atom. The fourth-order valence-electron chi connectivity index (χ4n) is 2.80. The first-order valence-corrected chi connectivity index (χ1v) is 12.2. The topological polar surface area (TPSA) is 97.2 Å². The van der Waals surface area contributed by atoms with Gasteiger partial charge in [0.15, 0.2) is 11.0 Å². The minimum absolute atomic E-state index is 0.00429. The lowest BCUT2D eigenvalue weighted by atomic mass is 10.2. The van der Waals surface area contributed by atoms with E-state index in [4.69, 9.17) is 0 Å². The third-order valence-corrected chi connectivity index (χ3v) is 6.76. The number of carbonyl (C=O) groups is 1. The van der Waals surface area contributed by atoms with Gasteiger partial charge >= 0.3 is 0 Å². The molecule has 8 nitrogen and oxygen atoms in total. The number of amides is 1. The van der Waals surface area contributed by atoms with Crippen molar-refractivity contribution in [3.63, 3.8) is 0 Å². The van der Waals surface area contributed by atoms with Crippen LogP contribution in [0, 0.1) is 18.6 Å². The SMILES string of the molecule is Cc1c(F)cccc1NC(=O)CSc1nnc(CN(c2ccc(F)cc2)S(C)(=O)=O)n1C. The predicted octanol–water partition coefficient (Wildman–Crippen LogP) is 3.10. The van der Waals surface area contributed by atoms with Gasteiger partial charge in [0.2, 0.25) is 15.9 Å². The summed E-state index contributed by atoms with van der Waals surface area (Å²) in [5.41, 5.74) is 1.02. The lowest BCUT2D eigenvalue weighted by Gasteiger charge is -2.21. The molecule has 0 saturated heterocycles. The van der Waals surface area contributed by atoms with Gasteiger partial charge < -0.3 is 9.88 Å². The van der Waals surface area contributed by atoms with E-state index in [9.17, 15) is 22.0 Å². The molecule has 1 N–H and O–H groups in total. The average molecular weight is 482 g/mol. The number of hydrogen-bond donors (Lipinski definition) is 1. The van der Waals surface area contributed by atoms with Crippen molar-refractivity contribution in [3.8, 4) is 0 Å². The molecule has 0 radical (unpaired) electrons. The molecule has 0 aliphatic heterocycles. The zero-order valence-electron chi connectivity index (χ0n) is 17.5. The average Bonchev–Trinajstić information content (AvgIpc) is 3.07. The molecule has 0 fully saturated rings. The summed E-state index contributed by atoms with van der Waals surface area (Å²) in [6, 6.07) is 9.50. The molecule has 170 valence electrons. The summed E-state index contributed by atoms with van der Waals surface area (Å²) < 4.78 is 54.0. The van der Waals surface area contributed by atoms with E-state index in [0.29, 0.717) is 22.2 Å². The molecule has 0 atom stereocenters. The van der Waals surface area contributed by atoms with Gasteiger partial charge in [-0.05, 0) is 43.3 Å². The highest BCUT2D eigenvalue weighted by atomic mass is 32.2. The maximum Gasteiger partial charge on any atom is 0.234 e. The molecule has 1 amide bonds. The predicted molar refractivity (Wildman–Crippen MR) is 119 cm³/mol. The Labute approximate surface area is 188 Å². The van der Waals surface area contributed by atoms with Crippen molar-refractivity contribution in [2.45, 2.75) is 18.6 Å². The van der Waals surface area contributed by atoms with Crippen LogP contribution in [0.5, 0.6) is 0 Å². The molecule has 0 bridgehead atoms. The van der Waals surface area contributed by atoms with Gasteiger partial charge in [0.05, 0.1) is 24.2 Å². The second-order valence-corrected chi connectivity index (χ2v) is 9.80. The Morgan fingerprint density at radius 2 is 1.84 bits per heavy atom. The highest BCUT2D eigenvalue weighted by Gasteiger charge is 2.22. The van der Waals surface area contributed by atoms with E-state index >= 15 is 0 Å². The van der Waals surface area contributed by atoms with Crippen LogP contribution < -0.4 is 9.62 Å². The van der Waals surface area contributed by atoms with Gasteiger partial charge in [0.25, 0.3) is 0 Å². The van der Waals surface area contributed by atoms with Gasteiger partial charge in [-0.3, -0.25) is 9.10 Å². The Bertz CT molecular complexity index is 1230. The standard InChI is InChI=1S/C20H21F2N5O3S2/c1-13-16(22)5-4-6-17(13)23-19(28)12-31-20-25-24-18(26(20)2)11-27(32(3,29)30)15-9-7-14(21)8-10-15/h4-10H,11-12H2,1-3H3,(H,23,28). The van der Waals surface area contributed by atoms with Crippen LogP contribution in [-0.2, 0) is 28.4 Å². The molecular formula is C20H21F2N5O3S2. The van der Waals surface area contributed by atoms with E-state index in [0.717, 1.165) is 22.3 Å². The molecule has 0 saturated carbocycles. The fourth-order valence-corrected chi connectivity index (χ4v) is 4.39. The van der Waals surface area contributed by atoms with E-state index in [1.807, 2.05) is 0 Å². The Balaban J connectivity index is 1.69. The highest BCUT2D eigenvalue weighted by molar-refractivity contribution is 7.99. The van der Waals surface area contributed by atoms with Crippen LogP contribution in [0.15, 0.2) is 47.6 Å². The molecule has 1 heterocycles. The largest absolute Gasteiger partial charge is 0.325 e. The van der Waals surface area contributed by atoms with Crippen molar-refractivity contribution in [2.75, 3.05) is 21.6 Å². The summed E-state index contributed by atoms with van der Waals surface area (Å²) in [6.45, 7) is 1.45. The normalized spacial score (nSPS) is 11.4. The maximum atomic E-state index is 13.6. The van der Waals surface area contributed by atoms with Gasteiger partial charge in [0.1, 0.15) is 11.6 Å². The summed E-state index contributed by atoms with van der Waals surface area (Å²) in [6.07, 6.45) is 1.04. The number of rotatable bonds is 8. The van der Waals surface area contributed by atoms with Gasteiger partial charge in [-0.2, -0.15) is 0 Å². The van der Waals surface area contributed by atoms with Crippen molar-refractivity contribution in [2.24, 2.45) is 7.05 Å². The van der Waals surface area contributed by atoms with E-state index in [2.05, 4.69) is 15.5 Å². The number of sulfonamides is 1. The lowest BCUT2D eigenvalue weighted by molar-refractivity contribution is -0.113. The minimum atomic E-state index is -3.68. The zero-order valence-corrected chi connectivity index (χ0v) is 19.2. The van der Waals surface area contributed by atoms with E-state index in [1.54, 1.807) is 24.6 Å². The first-order chi connectivity index (χ1) is 15.1. The number of carbonyl (C=O) groups excluding carboxylic acids is 1.